The van der Waals surface area contributed by atoms with Gasteiger partial charge < -0.3 is 5.11 Å². The van der Waals surface area contributed by atoms with E-state index in [9.17, 15) is 14.4 Å². The summed E-state index contributed by atoms with van der Waals surface area (Å²) in [5.74, 6) is -1.64. The minimum atomic E-state index is -0.936. The van der Waals surface area contributed by atoms with E-state index < -0.39 is 5.97 Å². The van der Waals surface area contributed by atoms with Gasteiger partial charge in [0.15, 0.2) is 0 Å². The average molecular weight is 306 g/mol. The fraction of sp³-hybridized carbons (Fsp3) is 0.188. The number of carbonyl (C=O) groups is 3. The zero-order valence-electron chi connectivity index (χ0n) is 12.2. The molecule has 0 unspecified atom stereocenters. The van der Waals surface area contributed by atoms with E-state index in [1.807, 2.05) is 12.1 Å². The number of imide groups is 1. The second kappa shape index (κ2) is 6.60. The first-order valence-corrected chi connectivity index (χ1v) is 6.69. The summed E-state index contributed by atoms with van der Waals surface area (Å²) in [6, 6.07) is 10.7. The molecule has 1 N–H and O–H groups in total. The Bertz CT molecular complexity index is 721. The minimum absolute atomic E-state index is 0. The summed E-state index contributed by atoms with van der Waals surface area (Å²) in [5, 5.41) is 10.2. The van der Waals surface area contributed by atoms with Crippen LogP contribution in [-0.2, 0) is 4.79 Å². The van der Waals surface area contributed by atoms with E-state index in [0.717, 1.165) is 10.3 Å². The molecule has 6 heteroatoms. The second-order valence-electron chi connectivity index (χ2n) is 4.97. The molecule has 0 saturated carbocycles. The minimum Gasteiger partial charge on any atom is -0.481 e. The molecule has 0 atom stereocenters. The number of amides is 2. The van der Waals surface area contributed by atoms with Crippen molar-refractivity contribution in [1.82, 2.24) is 4.90 Å². The Kier molecular flexibility index (Phi) is 5.01. The van der Waals surface area contributed by atoms with Crippen LogP contribution in [0.3, 0.4) is 0 Å². The van der Waals surface area contributed by atoms with Gasteiger partial charge in [-0.2, -0.15) is 0 Å². The second-order valence-corrected chi connectivity index (χ2v) is 4.97. The molecule has 0 saturated heterocycles. The molecule has 1 aliphatic heterocycles. The monoisotopic (exact) mass is 306 g/mol. The van der Waals surface area contributed by atoms with Gasteiger partial charge in [0.05, 0.1) is 0 Å². The summed E-state index contributed by atoms with van der Waals surface area (Å²) in [7, 11) is 0. The maximum atomic E-state index is 12.4. The molecule has 3 rings (SSSR count). The third-order valence-electron chi connectivity index (χ3n) is 3.63. The molecule has 0 aliphatic carbocycles. The molecule has 2 amide bonds. The van der Waals surface area contributed by atoms with Crippen LogP contribution >= 0.6 is 0 Å². The first-order valence-electron chi connectivity index (χ1n) is 6.69. The molecule has 0 fully saturated rings. The quantitative estimate of drug-likeness (QED) is 0.692. The van der Waals surface area contributed by atoms with Gasteiger partial charge in [0.1, 0.15) is 0 Å². The van der Waals surface area contributed by atoms with Crippen LogP contribution in [0.2, 0.25) is 0 Å². The molecular formula is C16H13NNaO4. The molecule has 1 heterocycles. The Labute approximate surface area is 149 Å². The summed E-state index contributed by atoms with van der Waals surface area (Å²) >= 11 is 0. The molecular weight excluding hydrogens is 293 g/mol. The van der Waals surface area contributed by atoms with Crippen molar-refractivity contribution in [2.75, 3.05) is 6.54 Å². The van der Waals surface area contributed by atoms with Crippen LogP contribution in [0.5, 0.6) is 0 Å². The number of carbonyl (C=O) groups excluding carboxylic acids is 2. The fourth-order valence-electron chi connectivity index (χ4n) is 2.67. The Morgan fingerprint density at radius 1 is 1.00 bits per heavy atom. The first kappa shape index (κ1) is 16.7. The zero-order chi connectivity index (χ0) is 15.0. The topological polar surface area (TPSA) is 74.7 Å². The third-order valence-corrected chi connectivity index (χ3v) is 3.63. The van der Waals surface area contributed by atoms with E-state index in [0.29, 0.717) is 16.5 Å². The van der Waals surface area contributed by atoms with Crippen molar-refractivity contribution in [2.24, 2.45) is 0 Å². The molecule has 5 nitrogen and oxygen atoms in total. The van der Waals surface area contributed by atoms with Gasteiger partial charge in [-0.1, -0.05) is 24.3 Å². The zero-order valence-corrected chi connectivity index (χ0v) is 14.2. The Morgan fingerprint density at radius 3 is 2.05 bits per heavy atom. The van der Waals surface area contributed by atoms with E-state index in [4.69, 9.17) is 5.11 Å². The van der Waals surface area contributed by atoms with E-state index in [2.05, 4.69) is 0 Å². The van der Waals surface area contributed by atoms with E-state index in [-0.39, 0.29) is 60.8 Å². The number of rotatable bonds is 4. The summed E-state index contributed by atoms with van der Waals surface area (Å²) in [5.41, 5.74) is 0.996. The number of benzene rings is 2. The number of carboxylic acid groups (broad SMARTS) is 1. The molecule has 1 aliphatic rings. The molecule has 2 aromatic carbocycles. The number of aliphatic carboxylic acids is 1. The Hall–Kier alpha value is -1.69. The summed E-state index contributed by atoms with van der Waals surface area (Å²) in [6.45, 7) is 0.120. The van der Waals surface area contributed by atoms with Gasteiger partial charge in [0.2, 0.25) is 0 Å². The van der Waals surface area contributed by atoms with Gasteiger partial charge in [-0.05, 0) is 23.9 Å². The predicted molar refractivity (Wildman–Crippen MR) is 81.9 cm³/mol. The maximum Gasteiger partial charge on any atom is 0.303 e. The smallest absolute Gasteiger partial charge is 0.303 e. The van der Waals surface area contributed by atoms with Gasteiger partial charge in [0, 0.05) is 59.0 Å². The first-order chi connectivity index (χ1) is 10.1. The molecule has 22 heavy (non-hydrogen) atoms. The van der Waals surface area contributed by atoms with Crippen molar-refractivity contribution >= 4 is 58.1 Å². The van der Waals surface area contributed by atoms with Gasteiger partial charge in [-0.15, -0.1) is 0 Å². The van der Waals surface area contributed by atoms with Crippen molar-refractivity contribution in [3.8, 4) is 0 Å². The molecule has 107 valence electrons. The van der Waals surface area contributed by atoms with E-state index in [1.54, 1.807) is 24.3 Å². The van der Waals surface area contributed by atoms with Gasteiger partial charge >= 0.3 is 5.97 Å². The number of hydrogen-bond acceptors (Lipinski definition) is 3. The molecule has 0 bridgehead atoms. The van der Waals surface area contributed by atoms with Gasteiger partial charge in [-0.25, -0.2) is 0 Å². The molecule has 2 aromatic rings. The van der Waals surface area contributed by atoms with Crippen molar-refractivity contribution in [1.29, 1.82) is 0 Å². The predicted octanol–water partition coefficient (Wildman–Crippen LogP) is 1.92. The fourth-order valence-corrected chi connectivity index (χ4v) is 2.67. The van der Waals surface area contributed by atoms with Crippen LogP contribution < -0.4 is 0 Å². The van der Waals surface area contributed by atoms with Gasteiger partial charge in [0.25, 0.3) is 11.8 Å². The Morgan fingerprint density at radius 2 is 1.55 bits per heavy atom. The average Bonchev–Trinajstić information content (AvgIpc) is 2.47. The summed E-state index contributed by atoms with van der Waals surface area (Å²) in [6.07, 6.45) is 0.188. The van der Waals surface area contributed by atoms with Crippen LogP contribution in [0, 0.1) is 0 Å². The molecule has 0 spiro atoms. The largest absolute Gasteiger partial charge is 0.481 e. The normalized spacial score (nSPS) is 13.2. The van der Waals surface area contributed by atoms with Crippen LogP contribution in [0.1, 0.15) is 33.6 Å². The van der Waals surface area contributed by atoms with Crippen LogP contribution in [0.4, 0.5) is 0 Å². The van der Waals surface area contributed by atoms with Gasteiger partial charge in [-0.3, -0.25) is 19.3 Å². The van der Waals surface area contributed by atoms with Crippen LogP contribution in [-0.4, -0.2) is 63.9 Å². The van der Waals surface area contributed by atoms with Crippen molar-refractivity contribution in [3.05, 3.63) is 47.5 Å². The summed E-state index contributed by atoms with van der Waals surface area (Å²) in [4.78, 5) is 36.6. The van der Waals surface area contributed by atoms with Crippen molar-refractivity contribution in [2.45, 2.75) is 12.8 Å². The standard InChI is InChI=1S/C16H13NO4.Na/c18-13(19)8-3-9-17-15(20)11-6-1-4-10-5-2-7-12(14(10)11)16(17)21;/h1-2,4-7H,3,8-9H2,(H,18,19);. The van der Waals surface area contributed by atoms with E-state index in [1.165, 1.54) is 0 Å². The van der Waals surface area contributed by atoms with Crippen molar-refractivity contribution in [3.63, 3.8) is 0 Å². The molecule has 1 radical (unpaired) electrons. The number of hydrogen-bond donors (Lipinski definition) is 1. The Balaban J connectivity index is 0.00000176. The van der Waals surface area contributed by atoms with Crippen molar-refractivity contribution < 1.29 is 19.5 Å². The third kappa shape index (κ3) is 2.79. The van der Waals surface area contributed by atoms with E-state index >= 15 is 0 Å². The SMILES string of the molecule is O=C(O)CCCN1C(=O)c2cccc3cccc(c23)C1=O.[Na]. The molecule has 0 aromatic heterocycles. The summed E-state index contributed by atoms with van der Waals surface area (Å²) < 4.78 is 0. The number of carboxylic acids is 1. The maximum absolute atomic E-state index is 12.4. The van der Waals surface area contributed by atoms with Crippen LogP contribution in [0.25, 0.3) is 10.8 Å². The van der Waals surface area contributed by atoms with Crippen LogP contribution in [0.15, 0.2) is 36.4 Å². The number of nitrogens with zero attached hydrogens (tertiary/aromatic N) is 1.